The molecule has 2 nitrogen and oxygen atoms in total. The Hall–Kier alpha value is -0.770. The molecule has 0 N–H and O–H groups in total. The van der Waals surface area contributed by atoms with Crippen LogP contribution in [0.15, 0.2) is 60.7 Å². The Morgan fingerprint density at radius 1 is 0.619 bits per heavy atom. The first kappa shape index (κ1) is 16.6. The summed E-state index contributed by atoms with van der Waals surface area (Å²) in [6.07, 6.45) is 0. The monoisotopic (exact) mass is 450 g/mol. The number of nitrogens with zero attached hydrogens (tertiary/aromatic N) is 2. The molecule has 0 aromatic heterocycles. The van der Waals surface area contributed by atoms with Gasteiger partial charge in [-0.1, -0.05) is 0 Å². The van der Waals surface area contributed by atoms with Gasteiger partial charge in [0.05, 0.1) is 0 Å². The Morgan fingerprint density at radius 3 is 1.24 bits per heavy atom. The zero-order valence-corrected chi connectivity index (χ0v) is 17.2. The van der Waals surface area contributed by atoms with E-state index in [1.807, 2.05) is 0 Å². The van der Waals surface area contributed by atoms with E-state index < -0.39 is 20.5 Å². The summed E-state index contributed by atoms with van der Waals surface area (Å²) in [6, 6.07) is 21.9. The van der Waals surface area contributed by atoms with Crippen molar-refractivity contribution in [3.8, 4) is 0 Å². The summed E-state index contributed by atoms with van der Waals surface area (Å²) >= 11 is -2.81. The first-order valence-corrected chi connectivity index (χ1v) is 15.8. The van der Waals surface area contributed by atoms with Crippen molar-refractivity contribution >= 4 is 0 Å². The molecule has 0 aliphatic rings. The topological polar surface area (TPSA) is 6.48 Å². The van der Waals surface area contributed by atoms with Crippen LogP contribution in [0.2, 0.25) is 0 Å². The zero-order chi connectivity index (χ0) is 15.3. The SMILES string of the molecule is C[N](C)[Hf]([CH2]c1ccccc1)([CH2]c1ccccc1)[N](C)C. The molecule has 0 radical (unpaired) electrons. The fraction of sp³-hybridized carbons (Fsp3) is 0.333. The van der Waals surface area contributed by atoms with Gasteiger partial charge in [0.25, 0.3) is 0 Å². The van der Waals surface area contributed by atoms with E-state index in [1.165, 1.54) is 19.5 Å². The van der Waals surface area contributed by atoms with Crippen molar-refractivity contribution < 1.29 is 20.5 Å². The molecule has 0 bridgehead atoms. The van der Waals surface area contributed by atoms with Gasteiger partial charge in [0, 0.05) is 0 Å². The standard InChI is InChI=1S/2C7H7.2C2H6N.Hf/c2*1-7-5-3-2-4-6-7;2*1-3-2;/h2*2-6H,1H2;2*1-2H3;/q;;2*-1;+2. The maximum atomic E-state index is 2.56. The van der Waals surface area contributed by atoms with E-state index in [2.05, 4.69) is 94.6 Å². The average molecular weight is 449 g/mol. The fourth-order valence-electron chi connectivity index (χ4n) is 2.94. The molecule has 2 rings (SSSR count). The van der Waals surface area contributed by atoms with Gasteiger partial charge >= 0.3 is 135 Å². The molecule has 0 spiro atoms. The molecular weight excluding hydrogens is 423 g/mol. The number of hydrogen-bond acceptors (Lipinski definition) is 2. The Kier molecular flexibility index (Phi) is 5.91. The van der Waals surface area contributed by atoms with Gasteiger partial charge in [-0.15, -0.1) is 0 Å². The van der Waals surface area contributed by atoms with Crippen molar-refractivity contribution in [2.75, 3.05) is 28.2 Å². The van der Waals surface area contributed by atoms with Crippen molar-refractivity contribution in [1.82, 2.24) is 5.78 Å². The Labute approximate surface area is 134 Å². The van der Waals surface area contributed by atoms with E-state index in [1.54, 1.807) is 0 Å². The van der Waals surface area contributed by atoms with Crippen molar-refractivity contribution in [2.45, 2.75) is 8.35 Å². The van der Waals surface area contributed by atoms with E-state index in [0.29, 0.717) is 0 Å². The minimum atomic E-state index is -2.81. The molecule has 3 heteroatoms. The third-order valence-electron chi connectivity index (χ3n) is 4.33. The van der Waals surface area contributed by atoms with Crippen LogP contribution >= 0.6 is 0 Å². The summed E-state index contributed by atoms with van der Waals surface area (Å²) in [4.78, 5) is 0. The summed E-state index contributed by atoms with van der Waals surface area (Å²) < 4.78 is 7.57. The van der Waals surface area contributed by atoms with Crippen LogP contribution in [0.5, 0.6) is 0 Å². The first-order valence-electron chi connectivity index (χ1n) is 7.47. The van der Waals surface area contributed by atoms with Gasteiger partial charge < -0.3 is 0 Å². The van der Waals surface area contributed by atoms with Gasteiger partial charge in [-0.25, -0.2) is 0 Å². The third-order valence-corrected chi connectivity index (χ3v) is 23.3. The molecule has 0 amide bonds. The van der Waals surface area contributed by atoms with Gasteiger partial charge in [-0.3, -0.25) is 0 Å². The maximum absolute atomic E-state index is 2.81. The van der Waals surface area contributed by atoms with Gasteiger partial charge in [0.1, 0.15) is 0 Å². The molecule has 21 heavy (non-hydrogen) atoms. The number of benzene rings is 2. The van der Waals surface area contributed by atoms with Crippen molar-refractivity contribution in [2.24, 2.45) is 0 Å². The first-order chi connectivity index (χ1) is 10.0. The molecule has 0 saturated carbocycles. The molecule has 0 heterocycles. The van der Waals surface area contributed by atoms with Crippen LogP contribution in [0.1, 0.15) is 11.1 Å². The van der Waals surface area contributed by atoms with Crippen LogP contribution in [0.3, 0.4) is 0 Å². The summed E-state index contributed by atoms with van der Waals surface area (Å²) in [5.41, 5.74) is 2.94. The molecule has 2 aromatic rings. The van der Waals surface area contributed by atoms with E-state index >= 15 is 0 Å². The molecule has 0 aliphatic carbocycles. The summed E-state index contributed by atoms with van der Waals surface area (Å²) in [5.74, 6) is 0. The molecule has 0 fully saturated rings. The van der Waals surface area contributed by atoms with Gasteiger partial charge in [-0.05, 0) is 0 Å². The zero-order valence-electron chi connectivity index (χ0n) is 13.6. The Morgan fingerprint density at radius 2 is 0.952 bits per heavy atom. The molecule has 112 valence electrons. The van der Waals surface area contributed by atoms with Gasteiger partial charge in [-0.2, -0.15) is 0 Å². The molecule has 2 aromatic carbocycles. The Balaban J connectivity index is 2.34. The second kappa shape index (κ2) is 7.48. The van der Waals surface area contributed by atoms with Crippen molar-refractivity contribution in [3.63, 3.8) is 0 Å². The molecule has 0 saturated heterocycles. The summed E-state index contributed by atoms with van der Waals surface area (Å²) in [7, 11) is 9.09. The summed E-state index contributed by atoms with van der Waals surface area (Å²) in [5, 5.41) is 0. The molecule has 0 atom stereocenters. The van der Waals surface area contributed by atoms with E-state index in [4.69, 9.17) is 0 Å². The van der Waals surface area contributed by atoms with Gasteiger partial charge in [0.15, 0.2) is 0 Å². The van der Waals surface area contributed by atoms with E-state index in [9.17, 15) is 0 Å². The quantitative estimate of drug-likeness (QED) is 0.624. The number of rotatable bonds is 6. The molecule has 0 aliphatic heterocycles. The van der Waals surface area contributed by atoms with Crippen LogP contribution in [0.4, 0.5) is 0 Å². The van der Waals surface area contributed by atoms with Gasteiger partial charge in [0.2, 0.25) is 0 Å². The second-order valence-electron chi connectivity index (χ2n) is 6.10. The molecule has 0 unspecified atom stereocenters. The van der Waals surface area contributed by atoms with Crippen molar-refractivity contribution in [1.29, 1.82) is 0 Å². The van der Waals surface area contributed by atoms with E-state index in [0.717, 1.165) is 0 Å². The predicted molar refractivity (Wildman–Crippen MR) is 87.7 cm³/mol. The average Bonchev–Trinajstić information content (AvgIpc) is 2.48. The summed E-state index contributed by atoms with van der Waals surface area (Å²) in [6.45, 7) is 0. The predicted octanol–water partition coefficient (Wildman–Crippen LogP) is 3.49. The normalized spacial score (nSPS) is 12.1. The third kappa shape index (κ3) is 4.12. The fourth-order valence-corrected chi connectivity index (χ4v) is 17.2. The molecular formula is C18H26HfN2. The number of hydrogen-bond donors (Lipinski definition) is 0. The van der Waals surface area contributed by atoms with Crippen LogP contribution < -0.4 is 0 Å². The van der Waals surface area contributed by atoms with Crippen LogP contribution in [-0.4, -0.2) is 34.0 Å². The minimum absolute atomic E-state index is 1.22. The van der Waals surface area contributed by atoms with Crippen LogP contribution in [0.25, 0.3) is 0 Å². The van der Waals surface area contributed by atoms with Crippen molar-refractivity contribution in [3.05, 3.63) is 71.8 Å². The van der Waals surface area contributed by atoms with E-state index in [-0.39, 0.29) is 0 Å². The van der Waals surface area contributed by atoms with Crippen LogP contribution in [0, 0.1) is 0 Å². The Bertz CT molecular complexity index is 486. The second-order valence-corrected chi connectivity index (χ2v) is 22.1. The van der Waals surface area contributed by atoms with Crippen LogP contribution in [-0.2, 0) is 28.9 Å².